The number of aromatic nitrogens is 1. The minimum absolute atomic E-state index is 0.179. The molecule has 0 spiro atoms. The predicted molar refractivity (Wildman–Crippen MR) is 141 cm³/mol. The lowest BCUT2D eigenvalue weighted by Crippen LogP contribution is -2.23. The number of nitro groups is 1. The molecule has 10 nitrogen and oxygen atoms in total. The van der Waals surface area contributed by atoms with E-state index < -0.39 is 26.5 Å². The van der Waals surface area contributed by atoms with Gasteiger partial charge in [-0.05, 0) is 60.7 Å². The van der Waals surface area contributed by atoms with E-state index in [-0.39, 0.29) is 15.5 Å². The summed E-state index contributed by atoms with van der Waals surface area (Å²) in [6.45, 7) is 0. The van der Waals surface area contributed by atoms with Gasteiger partial charge in [0, 0.05) is 33.9 Å². The zero-order valence-corrected chi connectivity index (χ0v) is 20.5. The Labute approximate surface area is 215 Å². The predicted octanol–water partition coefficient (Wildman–Crippen LogP) is 4.88. The molecule has 0 aliphatic carbocycles. The van der Waals surface area contributed by atoms with E-state index in [2.05, 4.69) is 20.8 Å². The maximum atomic E-state index is 12.9. The van der Waals surface area contributed by atoms with Crippen molar-refractivity contribution in [3.8, 4) is 5.75 Å². The third-order valence-corrected chi connectivity index (χ3v) is 6.44. The van der Waals surface area contributed by atoms with Crippen LogP contribution in [0.1, 0.15) is 5.56 Å². The highest BCUT2D eigenvalue weighted by Crippen LogP contribution is 2.31. The van der Waals surface area contributed by atoms with Gasteiger partial charge in [-0.15, -0.1) is 0 Å². The Morgan fingerprint density at radius 2 is 1.86 bits per heavy atom. The van der Waals surface area contributed by atoms with E-state index >= 15 is 0 Å². The number of para-hydroxylation sites is 1. The van der Waals surface area contributed by atoms with E-state index in [0.29, 0.717) is 21.7 Å². The molecule has 1 heterocycles. The summed E-state index contributed by atoms with van der Waals surface area (Å²) >= 11 is 11.0. The second-order valence-electron chi connectivity index (χ2n) is 7.18. The number of halogens is 1. The smallest absolute Gasteiger partial charge is 0.341 e. The molecule has 0 amide bonds. The van der Waals surface area contributed by atoms with Gasteiger partial charge in [-0.2, -0.15) is 13.5 Å². The van der Waals surface area contributed by atoms with Gasteiger partial charge >= 0.3 is 15.8 Å². The number of fused-ring (bicyclic) bond motifs is 1. The van der Waals surface area contributed by atoms with E-state index in [1.807, 2.05) is 0 Å². The van der Waals surface area contributed by atoms with Crippen molar-refractivity contribution in [3.05, 3.63) is 99.7 Å². The number of rotatable bonds is 7. The lowest BCUT2D eigenvalue weighted by molar-refractivity contribution is -0.385. The summed E-state index contributed by atoms with van der Waals surface area (Å²) in [5.74, 6) is -0.446. The highest BCUT2D eigenvalue weighted by Gasteiger charge is 2.25. The normalized spacial score (nSPS) is 11.4. The Balaban J connectivity index is 1.51. The Morgan fingerprint density at radius 3 is 2.61 bits per heavy atom. The van der Waals surface area contributed by atoms with Crippen molar-refractivity contribution < 1.29 is 17.5 Å². The summed E-state index contributed by atoms with van der Waals surface area (Å²) in [6.07, 6.45) is 2.73. The third kappa shape index (κ3) is 5.92. The topological polar surface area (TPSA) is 136 Å². The average molecular weight is 542 g/mol. The van der Waals surface area contributed by atoms with Crippen molar-refractivity contribution in [2.24, 2.45) is 5.10 Å². The largest absolute Gasteiger partial charge is 0.372 e. The number of thiocarbonyl (C=S) groups is 1. The summed E-state index contributed by atoms with van der Waals surface area (Å²) in [6, 6.07) is 18.5. The Bertz CT molecular complexity index is 1590. The molecule has 0 bridgehead atoms. The Morgan fingerprint density at radius 1 is 1.11 bits per heavy atom. The van der Waals surface area contributed by atoms with Gasteiger partial charge in [-0.1, -0.05) is 29.8 Å². The second kappa shape index (κ2) is 10.6. The molecule has 0 aliphatic rings. The fourth-order valence-electron chi connectivity index (χ4n) is 3.13. The SMILES string of the molecule is O=[N+]([O-])c1cc(/C=N/NC(=S)Nc2ccc(Cl)cc2)ccc1OS(=O)(=O)c1cccc2cccnc12. The molecule has 4 aromatic rings. The summed E-state index contributed by atoms with van der Waals surface area (Å²) in [4.78, 5) is 14.8. The molecule has 13 heteroatoms. The molecule has 1 aromatic heterocycles. The van der Waals surface area contributed by atoms with Crippen LogP contribution in [0.4, 0.5) is 11.4 Å². The van der Waals surface area contributed by atoms with Crippen LogP contribution in [-0.2, 0) is 10.1 Å². The van der Waals surface area contributed by atoms with E-state index in [0.717, 1.165) is 6.07 Å². The molecule has 0 unspecified atom stereocenters. The Hall–Kier alpha value is -4.13. The minimum atomic E-state index is -4.42. The first-order chi connectivity index (χ1) is 17.2. The van der Waals surface area contributed by atoms with Crippen molar-refractivity contribution >= 4 is 67.5 Å². The number of pyridine rings is 1. The summed E-state index contributed by atoms with van der Waals surface area (Å²) < 4.78 is 31.0. The summed E-state index contributed by atoms with van der Waals surface area (Å²) in [7, 11) is -4.42. The first-order valence-corrected chi connectivity index (χ1v) is 12.3. The first-order valence-electron chi connectivity index (χ1n) is 10.2. The number of nitrogens with zero attached hydrogens (tertiary/aromatic N) is 3. The van der Waals surface area contributed by atoms with Crippen molar-refractivity contribution in [1.82, 2.24) is 10.4 Å². The first kappa shape index (κ1) is 25.0. The van der Waals surface area contributed by atoms with Gasteiger partial charge in [0.25, 0.3) is 0 Å². The number of nitro benzene ring substituents is 1. The molecular weight excluding hydrogens is 526 g/mol. The van der Waals surface area contributed by atoms with Crippen LogP contribution in [0.15, 0.2) is 89.0 Å². The van der Waals surface area contributed by atoms with Crippen LogP contribution in [0.2, 0.25) is 5.02 Å². The molecule has 0 aliphatic heterocycles. The van der Waals surface area contributed by atoms with Gasteiger partial charge in [0.05, 0.1) is 16.7 Å². The number of anilines is 1. The molecule has 0 saturated heterocycles. The van der Waals surface area contributed by atoms with Crippen LogP contribution in [0.5, 0.6) is 5.75 Å². The summed E-state index contributed by atoms with van der Waals surface area (Å²) in [5, 5.41) is 19.8. The maximum Gasteiger partial charge on any atom is 0.341 e. The molecule has 0 radical (unpaired) electrons. The zero-order valence-electron chi connectivity index (χ0n) is 18.2. The molecule has 3 aromatic carbocycles. The van der Waals surface area contributed by atoms with E-state index in [4.69, 9.17) is 28.0 Å². The number of nitrogens with one attached hydrogen (secondary N) is 2. The van der Waals surface area contributed by atoms with Crippen LogP contribution in [0.3, 0.4) is 0 Å². The number of hydrazone groups is 1. The number of benzene rings is 3. The molecule has 4 rings (SSSR count). The third-order valence-electron chi connectivity index (χ3n) is 4.73. The van der Waals surface area contributed by atoms with E-state index in [1.165, 1.54) is 36.7 Å². The number of hydrogen-bond donors (Lipinski definition) is 2. The quantitative estimate of drug-likeness (QED) is 0.110. The fourth-order valence-corrected chi connectivity index (χ4v) is 4.54. The van der Waals surface area contributed by atoms with E-state index in [1.54, 1.807) is 42.5 Å². The lowest BCUT2D eigenvalue weighted by Gasteiger charge is -2.10. The van der Waals surface area contributed by atoms with Crippen LogP contribution in [0.25, 0.3) is 10.9 Å². The highest BCUT2D eigenvalue weighted by atomic mass is 35.5. The van der Waals surface area contributed by atoms with Crippen molar-refractivity contribution in [2.75, 3.05) is 5.32 Å². The van der Waals surface area contributed by atoms with Gasteiger partial charge in [0.2, 0.25) is 5.75 Å². The maximum absolute atomic E-state index is 12.9. The fraction of sp³-hybridized carbons (Fsp3) is 0. The van der Waals surface area contributed by atoms with Gasteiger partial charge in [-0.3, -0.25) is 20.5 Å². The second-order valence-corrected chi connectivity index (χ2v) is 9.54. The number of hydrogen-bond acceptors (Lipinski definition) is 8. The standard InChI is InChI=1S/C23H16ClN5O5S2/c24-17-7-9-18(10-8-17)27-23(35)28-26-14-15-6-11-20(19(13-15)29(30)31)34-36(32,33)21-5-1-3-16-4-2-12-25-22(16)21/h1-14H,(H2,27,28,35)/b26-14+. The van der Waals surface area contributed by atoms with E-state index in [9.17, 15) is 18.5 Å². The van der Waals surface area contributed by atoms with Crippen LogP contribution < -0.4 is 14.9 Å². The molecule has 0 saturated carbocycles. The molecule has 2 N–H and O–H groups in total. The van der Waals surface area contributed by atoms with Gasteiger partial charge in [-0.25, -0.2) is 0 Å². The molecule has 182 valence electrons. The van der Waals surface area contributed by atoms with Crippen molar-refractivity contribution in [2.45, 2.75) is 4.90 Å². The monoisotopic (exact) mass is 541 g/mol. The summed E-state index contributed by atoms with van der Waals surface area (Å²) in [5.41, 5.74) is 3.22. The highest BCUT2D eigenvalue weighted by molar-refractivity contribution is 7.87. The minimum Gasteiger partial charge on any atom is -0.372 e. The van der Waals surface area contributed by atoms with Crippen molar-refractivity contribution in [1.29, 1.82) is 0 Å². The van der Waals surface area contributed by atoms with Gasteiger partial charge in [0.15, 0.2) is 5.11 Å². The van der Waals surface area contributed by atoms with Crippen LogP contribution in [-0.4, -0.2) is 29.7 Å². The van der Waals surface area contributed by atoms with Gasteiger partial charge < -0.3 is 9.50 Å². The molecule has 0 atom stereocenters. The van der Waals surface area contributed by atoms with Crippen molar-refractivity contribution in [3.63, 3.8) is 0 Å². The molecular formula is C23H16ClN5O5S2. The Kier molecular flexibility index (Phi) is 7.38. The average Bonchev–Trinajstić information content (AvgIpc) is 2.85. The van der Waals surface area contributed by atoms with Crippen LogP contribution >= 0.6 is 23.8 Å². The molecule has 36 heavy (non-hydrogen) atoms. The van der Waals surface area contributed by atoms with Gasteiger partial charge in [0.1, 0.15) is 4.90 Å². The molecule has 0 fully saturated rings. The zero-order chi connectivity index (χ0) is 25.7. The van der Waals surface area contributed by atoms with Crippen LogP contribution in [0, 0.1) is 10.1 Å². The lowest BCUT2D eigenvalue weighted by atomic mass is 10.2.